The van der Waals surface area contributed by atoms with Gasteiger partial charge in [-0.15, -0.1) is 34.6 Å². The fourth-order valence-electron chi connectivity index (χ4n) is 2.91. The van der Waals surface area contributed by atoms with Crippen molar-refractivity contribution in [2.45, 2.75) is 9.79 Å². The van der Waals surface area contributed by atoms with Crippen LogP contribution in [0.1, 0.15) is 0 Å². The summed E-state index contributed by atoms with van der Waals surface area (Å²) in [5.41, 5.74) is 9.48. The Hall–Kier alpha value is -2.42. The largest absolute Gasteiger partial charge is 0.330 e. The van der Waals surface area contributed by atoms with Crippen LogP contribution in [0.4, 0.5) is 0 Å². The zero-order valence-corrected chi connectivity index (χ0v) is 15.5. The van der Waals surface area contributed by atoms with Crippen molar-refractivity contribution in [1.82, 2.24) is 25.6 Å². The van der Waals surface area contributed by atoms with E-state index in [-0.39, 0.29) is 0 Å². The molecule has 0 aliphatic rings. The van der Waals surface area contributed by atoms with E-state index in [0.717, 1.165) is 43.1 Å². The van der Waals surface area contributed by atoms with Gasteiger partial charge < -0.3 is 5.73 Å². The molecule has 0 aliphatic carbocycles. The number of pyridine rings is 1. The van der Waals surface area contributed by atoms with Crippen molar-refractivity contribution < 1.29 is 0 Å². The number of para-hydroxylation sites is 1. The van der Waals surface area contributed by atoms with Gasteiger partial charge in [-0.05, 0) is 34.5 Å². The number of benzene rings is 2. The van der Waals surface area contributed by atoms with Gasteiger partial charge in [-0.3, -0.25) is 4.98 Å². The third kappa shape index (κ3) is 3.07. The number of tetrazole rings is 1. The van der Waals surface area contributed by atoms with Crippen molar-refractivity contribution in [2.24, 2.45) is 5.73 Å². The number of thioether (sulfide) groups is 1. The second-order valence-electron chi connectivity index (χ2n) is 5.58. The van der Waals surface area contributed by atoms with Crippen LogP contribution in [0.15, 0.2) is 58.5 Å². The van der Waals surface area contributed by atoms with E-state index in [1.807, 2.05) is 30.5 Å². The molecule has 3 N–H and O–H groups in total. The lowest BCUT2D eigenvalue weighted by atomic mass is 9.96. The average Bonchev–Trinajstić information content (AvgIpc) is 3.20. The van der Waals surface area contributed by atoms with Crippen molar-refractivity contribution in [3.05, 3.63) is 48.7 Å². The summed E-state index contributed by atoms with van der Waals surface area (Å²) < 4.78 is 0. The Morgan fingerprint density at radius 1 is 1.08 bits per heavy atom. The molecule has 2 aromatic carbocycles. The lowest BCUT2D eigenvalue weighted by molar-refractivity contribution is 0.881. The fraction of sp³-hybridized carbons (Fsp3) is 0.111. The highest BCUT2D eigenvalue weighted by Gasteiger charge is 2.19. The van der Waals surface area contributed by atoms with E-state index in [9.17, 15) is 0 Å². The minimum atomic E-state index is 0.515. The van der Waals surface area contributed by atoms with Crippen LogP contribution in [0.5, 0.6) is 0 Å². The Labute approximate surface area is 160 Å². The molecule has 130 valence electrons. The predicted molar refractivity (Wildman–Crippen MR) is 107 cm³/mol. The highest BCUT2D eigenvalue weighted by Crippen LogP contribution is 2.41. The van der Waals surface area contributed by atoms with Crippen LogP contribution >= 0.6 is 24.4 Å². The van der Waals surface area contributed by atoms with E-state index in [1.165, 1.54) is 0 Å². The molecule has 0 atom stereocenters. The Morgan fingerprint density at radius 3 is 2.77 bits per heavy atom. The summed E-state index contributed by atoms with van der Waals surface area (Å²) in [6.45, 7) is 0.603. The lowest BCUT2D eigenvalue weighted by Crippen LogP contribution is -2.01. The first kappa shape index (κ1) is 17.0. The molecule has 0 aliphatic heterocycles. The van der Waals surface area contributed by atoms with Gasteiger partial charge in [0, 0.05) is 39.2 Å². The van der Waals surface area contributed by atoms with Gasteiger partial charge in [-0.1, -0.05) is 24.3 Å². The summed E-state index contributed by atoms with van der Waals surface area (Å²) in [6.07, 6.45) is 1.81. The number of thiol groups is 1. The van der Waals surface area contributed by atoms with Gasteiger partial charge in [0.15, 0.2) is 0 Å². The monoisotopic (exact) mass is 380 g/mol. The van der Waals surface area contributed by atoms with Gasteiger partial charge in [0.1, 0.15) is 0 Å². The number of nitrogens with one attached hydrogen (secondary N) is 1. The zero-order valence-electron chi connectivity index (χ0n) is 13.8. The smallest absolute Gasteiger partial charge is 0.206 e. The Kier molecular flexibility index (Phi) is 4.87. The van der Waals surface area contributed by atoms with Crippen LogP contribution < -0.4 is 5.73 Å². The first-order chi connectivity index (χ1) is 12.8. The maximum Gasteiger partial charge on any atom is 0.206 e. The molecule has 4 aromatic rings. The molecule has 4 rings (SSSR count). The van der Waals surface area contributed by atoms with Crippen LogP contribution in [0.3, 0.4) is 0 Å². The van der Waals surface area contributed by atoms with Gasteiger partial charge in [-0.25, -0.2) is 0 Å². The standard InChI is InChI=1S/C18H16N6S2/c19-8-10-26-15-6-5-13(16(17(15)25)18-21-23-24-22-18)11-7-9-20-14-4-2-1-3-12(11)14/h1-7,9,25H,8,10,19H2,(H,21,22,23,24). The fourth-order valence-corrected chi connectivity index (χ4v) is 4.14. The molecule has 0 saturated carbocycles. The van der Waals surface area contributed by atoms with E-state index < -0.39 is 0 Å². The zero-order chi connectivity index (χ0) is 17.9. The molecule has 2 heterocycles. The molecule has 26 heavy (non-hydrogen) atoms. The minimum absolute atomic E-state index is 0.515. The number of aromatic nitrogens is 5. The van der Waals surface area contributed by atoms with E-state index in [0.29, 0.717) is 12.4 Å². The van der Waals surface area contributed by atoms with Crippen LogP contribution in [0, 0.1) is 0 Å². The summed E-state index contributed by atoms with van der Waals surface area (Å²) >= 11 is 6.45. The van der Waals surface area contributed by atoms with Crippen LogP contribution in [0.25, 0.3) is 33.4 Å². The third-order valence-corrected chi connectivity index (χ3v) is 5.73. The van der Waals surface area contributed by atoms with Crippen LogP contribution in [-0.2, 0) is 0 Å². The molecule has 0 radical (unpaired) electrons. The van der Waals surface area contributed by atoms with Gasteiger partial charge in [-0.2, -0.15) is 5.21 Å². The van der Waals surface area contributed by atoms with Crippen molar-refractivity contribution in [1.29, 1.82) is 0 Å². The molecule has 0 fully saturated rings. The van der Waals surface area contributed by atoms with Gasteiger partial charge >= 0.3 is 0 Å². The first-order valence-corrected chi connectivity index (χ1v) is 9.49. The molecule has 6 nitrogen and oxygen atoms in total. The predicted octanol–water partition coefficient (Wildman–Crippen LogP) is 3.42. The topological polar surface area (TPSA) is 93.4 Å². The molecule has 0 unspecified atom stereocenters. The average molecular weight is 381 g/mol. The normalized spacial score (nSPS) is 11.2. The van der Waals surface area contributed by atoms with Gasteiger partial charge in [0.05, 0.1) is 5.52 Å². The first-order valence-electron chi connectivity index (χ1n) is 8.06. The second-order valence-corrected chi connectivity index (χ2v) is 7.17. The molecule has 0 amide bonds. The summed E-state index contributed by atoms with van der Waals surface area (Å²) in [5, 5.41) is 15.7. The number of rotatable bonds is 5. The number of nitrogens with zero attached hydrogens (tertiary/aromatic N) is 4. The summed E-state index contributed by atoms with van der Waals surface area (Å²) in [5.74, 6) is 1.33. The molecular formula is C18H16N6S2. The van der Waals surface area contributed by atoms with Crippen molar-refractivity contribution in [2.75, 3.05) is 12.3 Å². The Bertz CT molecular complexity index is 1040. The Balaban J connectivity index is 1.97. The second kappa shape index (κ2) is 7.45. The third-order valence-electron chi connectivity index (χ3n) is 4.02. The minimum Gasteiger partial charge on any atom is -0.330 e. The Morgan fingerprint density at radius 2 is 1.96 bits per heavy atom. The van der Waals surface area contributed by atoms with E-state index in [1.54, 1.807) is 11.8 Å². The van der Waals surface area contributed by atoms with E-state index in [2.05, 4.69) is 43.8 Å². The van der Waals surface area contributed by atoms with Crippen LogP contribution in [-0.4, -0.2) is 37.9 Å². The van der Waals surface area contributed by atoms with Gasteiger partial charge in [0.25, 0.3) is 0 Å². The number of hydrogen-bond acceptors (Lipinski definition) is 7. The number of nitrogens with two attached hydrogens (primary N) is 1. The summed E-state index contributed by atoms with van der Waals surface area (Å²) in [6, 6.07) is 14.2. The van der Waals surface area contributed by atoms with Crippen molar-refractivity contribution in [3.63, 3.8) is 0 Å². The van der Waals surface area contributed by atoms with E-state index >= 15 is 0 Å². The molecule has 2 aromatic heterocycles. The van der Waals surface area contributed by atoms with Gasteiger partial charge in [0.2, 0.25) is 5.82 Å². The maximum atomic E-state index is 5.65. The quantitative estimate of drug-likeness (QED) is 0.363. The SMILES string of the molecule is NCCSc1ccc(-c2ccnc3ccccc23)c(-c2nn[nH]n2)c1S. The molecular weight excluding hydrogens is 364 g/mol. The van der Waals surface area contributed by atoms with Crippen LogP contribution in [0.2, 0.25) is 0 Å². The lowest BCUT2D eigenvalue weighted by Gasteiger charge is -2.15. The number of H-pyrrole nitrogens is 1. The summed E-state index contributed by atoms with van der Waals surface area (Å²) in [4.78, 5) is 6.32. The maximum absolute atomic E-state index is 5.65. The summed E-state index contributed by atoms with van der Waals surface area (Å²) in [7, 11) is 0. The highest BCUT2D eigenvalue weighted by atomic mass is 32.2. The van der Waals surface area contributed by atoms with Crippen molar-refractivity contribution in [3.8, 4) is 22.5 Å². The number of hydrogen-bond donors (Lipinski definition) is 3. The molecule has 0 saturated heterocycles. The number of aromatic amines is 1. The van der Waals surface area contributed by atoms with E-state index in [4.69, 9.17) is 18.4 Å². The molecule has 8 heteroatoms. The molecule has 0 bridgehead atoms. The molecule has 0 spiro atoms. The van der Waals surface area contributed by atoms with Crippen molar-refractivity contribution >= 4 is 35.3 Å². The number of fused-ring (bicyclic) bond motifs is 1. The highest BCUT2D eigenvalue weighted by molar-refractivity contribution is 7.99.